The molecular weight excluding hydrogens is 326 g/mol. The number of aliphatic imine (C=N–C) groups is 1. The summed E-state index contributed by atoms with van der Waals surface area (Å²) in [7, 11) is 5.82. The fraction of sp³-hybridized carbons (Fsp3) is 0.400. The van der Waals surface area contributed by atoms with Crippen LogP contribution in [0.1, 0.15) is 35.0 Å². The summed E-state index contributed by atoms with van der Waals surface area (Å²) < 4.78 is 2.10. The van der Waals surface area contributed by atoms with E-state index in [0.29, 0.717) is 18.7 Å². The molecule has 26 heavy (non-hydrogen) atoms. The number of guanidine groups is 1. The molecule has 1 aromatic heterocycles. The standard InChI is InChI=1S/C20H29N5O/c1-5-11-22-19(26)17-9-6-8-16(13-17)14-23-20(21-2)25(4)15-18-10-7-12-24(18)3/h6-10,12-13H,5,11,14-15H2,1-4H3,(H,21,23)(H,22,26). The summed E-state index contributed by atoms with van der Waals surface area (Å²) >= 11 is 0. The van der Waals surface area contributed by atoms with Gasteiger partial charge in [0.15, 0.2) is 5.96 Å². The molecule has 140 valence electrons. The Balaban J connectivity index is 1.95. The summed E-state index contributed by atoms with van der Waals surface area (Å²) in [6, 6.07) is 11.8. The quantitative estimate of drug-likeness (QED) is 0.592. The van der Waals surface area contributed by atoms with Crippen LogP contribution in [-0.4, -0.2) is 42.0 Å². The number of carbonyl (C=O) groups excluding carboxylic acids is 1. The Morgan fingerprint density at radius 2 is 2.04 bits per heavy atom. The largest absolute Gasteiger partial charge is 0.353 e. The lowest BCUT2D eigenvalue weighted by atomic mass is 10.1. The first-order chi connectivity index (χ1) is 12.5. The Bertz CT molecular complexity index is 750. The topological polar surface area (TPSA) is 61.7 Å². The number of nitrogens with one attached hydrogen (secondary N) is 2. The van der Waals surface area contributed by atoms with E-state index >= 15 is 0 Å². The highest BCUT2D eigenvalue weighted by atomic mass is 16.1. The number of amides is 1. The Morgan fingerprint density at radius 3 is 2.69 bits per heavy atom. The minimum Gasteiger partial charge on any atom is -0.353 e. The molecule has 6 nitrogen and oxygen atoms in total. The highest BCUT2D eigenvalue weighted by Crippen LogP contribution is 2.07. The van der Waals surface area contributed by atoms with Crippen molar-refractivity contribution in [2.45, 2.75) is 26.4 Å². The van der Waals surface area contributed by atoms with Gasteiger partial charge in [0, 0.05) is 51.7 Å². The van der Waals surface area contributed by atoms with E-state index in [9.17, 15) is 4.79 Å². The third-order valence-electron chi connectivity index (χ3n) is 4.20. The van der Waals surface area contributed by atoms with Gasteiger partial charge in [0.05, 0.1) is 6.54 Å². The molecule has 0 spiro atoms. The van der Waals surface area contributed by atoms with Gasteiger partial charge in [-0.3, -0.25) is 9.79 Å². The SMILES string of the molecule is CCCNC(=O)c1cccc(CNC(=NC)N(C)Cc2cccn2C)c1. The van der Waals surface area contributed by atoms with Crippen LogP contribution in [0.5, 0.6) is 0 Å². The van der Waals surface area contributed by atoms with E-state index in [0.717, 1.165) is 24.5 Å². The molecule has 1 heterocycles. The molecule has 0 unspecified atom stereocenters. The molecule has 6 heteroatoms. The van der Waals surface area contributed by atoms with Crippen LogP contribution in [0, 0.1) is 0 Å². The predicted molar refractivity (Wildman–Crippen MR) is 106 cm³/mol. The van der Waals surface area contributed by atoms with E-state index in [1.807, 2.05) is 57.5 Å². The maximum absolute atomic E-state index is 12.1. The number of aryl methyl sites for hydroxylation is 1. The maximum Gasteiger partial charge on any atom is 0.251 e. The minimum atomic E-state index is -0.0288. The maximum atomic E-state index is 12.1. The monoisotopic (exact) mass is 355 g/mol. The van der Waals surface area contributed by atoms with Crippen molar-refractivity contribution in [1.29, 1.82) is 0 Å². The number of aromatic nitrogens is 1. The van der Waals surface area contributed by atoms with Crippen LogP contribution in [-0.2, 0) is 20.1 Å². The molecule has 1 amide bonds. The smallest absolute Gasteiger partial charge is 0.251 e. The first-order valence-electron chi connectivity index (χ1n) is 8.94. The van der Waals surface area contributed by atoms with Gasteiger partial charge < -0.3 is 20.1 Å². The van der Waals surface area contributed by atoms with Crippen LogP contribution in [0.15, 0.2) is 47.6 Å². The predicted octanol–water partition coefficient (Wildman–Crippen LogP) is 2.37. The summed E-state index contributed by atoms with van der Waals surface area (Å²) in [5.74, 6) is 0.783. The molecule has 0 aliphatic heterocycles. The fourth-order valence-corrected chi connectivity index (χ4v) is 2.71. The van der Waals surface area contributed by atoms with Crippen LogP contribution < -0.4 is 10.6 Å². The van der Waals surface area contributed by atoms with E-state index in [1.165, 1.54) is 5.69 Å². The average Bonchev–Trinajstić information content (AvgIpc) is 3.05. The number of hydrogen-bond donors (Lipinski definition) is 2. The van der Waals surface area contributed by atoms with Gasteiger partial charge in [-0.25, -0.2) is 0 Å². The molecule has 0 aliphatic carbocycles. The highest BCUT2D eigenvalue weighted by molar-refractivity contribution is 5.94. The number of carbonyl (C=O) groups is 1. The zero-order valence-corrected chi connectivity index (χ0v) is 16.1. The lowest BCUT2D eigenvalue weighted by molar-refractivity contribution is 0.0953. The first-order valence-corrected chi connectivity index (χ1v) is 8.94. The Hall–Kier alpha value is -2.76. The molecule has 0 radical (unpaired) electrons. The molecule has 0 fully saturated rings. The van der Waals surface area contributed by atoms with Gasteiger partial charge in [-0.1, -0.05) is 19.1 Å². The van der Waals surface area contributed by atoms with Crippen molar-refractivity contribution in [2.24, 2.45) is 12.0 Å². The van der Waals surface area contributed by atoms with Crippen molar-refractivity contribution >= 4 is 11.9 Å². The van der Waals surface area contributed by atoms with Gasteiger partial charge in [-0.2, -0.15) is 0 Å². The molecule has 0 bridgehead atoms. The first kappa shape index (κ1) is 19.6. The van der Waals surface area contributed by atoms with Crippen LogP contribution >= 0.6 is 0 Å². The summed E-state index contributed by atoms with van der Waals surface area (Å²) in [6.07, 6.45) is 2.96. The molecule has 0 atom stereocenters. The normalized spacial score (nSPS) is 11.3. The van der Waals surface area contributed by atoms with Crippen molar-refractivity contribution in [2.75, 3.05) is 20.6 Å². The van der Waals surface area contributed by atoms with Crippen molar-refractivity contribution < 1.29 is 4.79 Å². The third kappa shape index (κ3) is 5.37. The Morgan fingerprint density at radius 1 is 1.23 bits per heavy atom. The fourth-order valence-electron chi connectivity index (χ4n) is 2.71. The lowest BCUT2D eigenvalue weighted by Crippen LogP contribution is -2.38. The van der Waals surface area contributed by atoms with Gasteiger partial charge >= 0.3 is 0 Å². The van der Waals surface area contributed by atoms with Crippen molar-refractivity contribution in [3.63, 3.8) is 0 Å². The molecule has 1 aromatic carbocycles. The molecule has 0 saturated heterocycles. The molecule has 0 aliphatic rings. The number of rotatable bonds is 7. The summed E-state index contributed by atoms with van der Waals surface area (Å²) in [4.78, 5) is 18.5. The lowest BCUT2D eigenvalue weighted by Gasteiger charge is -2.22. The van der Waals surface area contributed by atoms with Gasteiger partial charge in [0.25, 0.3) is 5.91 Å². The number of hydrogen-bond acceptors (Lipinski definition) is 2. The van der Waals surface area contributed by atoms with E-state index in [4.69, 9.17) is 0 Å². The molecule has 2 N–H and O–H groups in total. The number of benzene rings is 1. The Labute approximate surface area is 155 Å². The second-order valence-electron chi connectivity index (χ2n) is 6.32. The van der Waals surface area contributed by atoms with Crippen molar-refractivity contribution in [3.05, 3.63) is 59.4 Å². The second-order valence-corrected chi connectivity index (χ2v) is 6.32. The molecular formula is C20H29N5O. The Kier molecular flexibility index (Phi) is 7.26. The van der Waals surface area contributed by atoms with Crippen LogP contribution in [0.25, 0.3) is 0 Å². The second kappa shape index (κ2) is 9.65. The summed E-state index contributed by atoms with van der Waals surface area (Å²) in [5, 5.41) is 6.27. The third-order valence-corrected chi connectivity index (χ3v) is 4.20. The summed E-state index contributed by atoms with van der Waals surface area (Å²) in [5.41, 5.74) is 2.94. The van der Waals surface area contributed by atoms with Crippen molar-refractivity contribution in [3.8, 4) is 0 Å². The van der Waals surface area contributed by atoms with Crippen molar-refractivity contribution in [1.82, 2.24) is 20.1 Å². The van der Waals surface area contributed by atoms with E-state index in [2.05, 4.69) is 31.2 Å². The minimum absolute atomic E-state index is 0.0288. The van der Waals surface area contributed by atoms with Crippen LogP contribution in [0.4, 0.5) is 0 Å². The van der Waals surface area contributed by atoms with E-state index in [-0.39, 0.29) is 5.91 Å². The van der Waals surface area contributed by atoms with Gasteiger partial charge in [-0.05, 0) is 36.2 Å². The van der Waals surface area contributed by atoms with Crippen LogP contribution in [0.2, 0.25) is 0 Å². The van der Waals surface area contributed by atoms with Gasteiger partial charge in [0.2, 0.25) is 0 Å². The summed E-state index contributed by atoms with van der Waals surface area (Å²) in [6.45, 7) is 4.11. The van der Waals surface area contributed by atoms with E-state index < -0.39 is 0 Å². The molecule has 0 saturated carbocycles. The molecule has 2 rings (SSSR count). The van der Waals surface area contributed by atoms with Gasteiger partial charge in [-0.15, -0.1) is 0 Å². The zero-order valence-electron chi connectivity index (χ0n) is 16.1. The zero-order chi connectivity index (χ0) is 18.9. The van der Waals surface area contributed by atoms with E-state index in [1.54, 1.807) is 7.05 Å². The van der Waals surface area contributed by atoms with Gasteiger partial charge in [0.1, 0.15) is 0 Å². The number of nitrogens with zero attached hydrogens (tertiary/aromatic N) is 3. The molecule has 2 aromatic rings. The highest BCUT2D eigenvalue weighted by Gasteiger charge is 2.09. The van der Waals surface area contributed by atoms with Crippen LogP contribution in [0.3, 0.4) is 0 Å². The average molecular weight is 355 g/mol.